The van der Waals surface area contributed by atoms with E-state index >= 15 is 0 Å². The second-order valence-electron chi connectivity index (χ2n) is 20.0. The Hall–Kier alpha value is -7.04. The Kier molecular flexibility index (Phi) is 17.4. The molecule has 9 aromatic rings. The van der Waals surface area contributed by atoms with E-state index < -0.39 is 0 Å². The average Bonchev–Trinajstić information content (AvgIpc) is 3.41. The maximum atomic E-state index is 4.64. The van der Waals surface area contributed by atoms with Crippen LogP contribution in [-0.4, -0.2) is 12.8 Å². The Morgan fingerprint density at radius 1 is 0.260 bits per heavy atom. The van der Waals surface area contributed by atoms with E-state index in [1.54, 1.807) is 0 Å². The predicted octanol–water partition coefficient (Wildman–Crippen LogP) is 20.3. The van der Waals surface area contributed by atoms with Crippen LogP contribution in [-0.2, 0) is 10.8 Å². The summed E-state index contributed by atoms with van der Waals surface area (Å²) >= 11 is 9.28. The summed E-state index contributed by atoms with van der Waals surface area (Å²) in [5.41, 5.74) is 22.3. The van der Waals surface area contributed by atoms with Gasteiger partial charge in [-0.2, -0.15) is 0 Å². The van der Waals surface area contributed by atoms with Gasteiger partial charge in [-0.15, -0.1) is 23.2 Å². The van der Waals surface area contributed by atoms with Crippen LogP contribution in [0.4, 0.5) is 51.2 Å². The highest BCUT2D eigenvalue weighted by Crippen LogP contribution is 2.44. The van der Waals surface area contributed by atoms with Gasteiger partial charge in [0.1, 0.15) is 0 Å². The standard InChI is InChI=1S/C66H65N3.2CH3Cl/c1-46-27-38-62(49(4)41-46)67(58-34-30-52(31-35-58)65(7,8)54-19-17-25-60(44-54)68(56-21-13-11-14-22-56)63-39-28-47(2)42-50(63)5)59-36-32-53(33-37-59)66(9,10)55-20-18-26-61(45-55)69(57-23-15-12-16-24-57)64-40-29-48(3)43-51(64)6;2*1-2/h11-45H,1-10H3;2*1H3. The Balaban J connectivity index is 0.00000190. The van der Waals surface area contributed by atoms with E-state index in [2.05, 4.69) is 319 Å². The van der Waals surface area contributed by atoms with Crippen LogP contribution < -0.4 is 14.7 Å². The number of para-hydroxylation sites is 2. The Labute approximate surface area is 447 Å². The molecule has 9 rings (SSSR count). The van der Waals surface area contributed by atoms with E-state index in [4.69, 9.17) is 0 Å². The molecule has 0 unspecified atom stereocenters. The van der Waals surface area contributed by atoms with Crippen LogP contribution >= 0.6 is 23.2 Å². The fourth-order valence-electron chi connectivity index (χ4n) is 10.1. The van der Waals surface area contributed by atoms with E-state index in [1.165, 1.54) is 85.5 Å². The van der Waals surface area contributed by atoms with Crippen LogP contribution in [0.25, 0.3) is 0 Å². The van der Waals surface area contributed by atoms with Crippen LogP contribution in [0.15, 0.2) is 212 Å². The monoisotopic (exact) mass is 1000 g/mol. The SMILES string of the molecule is CCl.CCl.Cc1ccc(N(c2ccc(C(C)(C)c3cccc(N(c4ccccc4)c4ccc(C)cc4C)c3)cc2)c2ccc(C(C)(C)c3cccc(N(c4ccccc4)c4ccc(C)cc4C)c3)cc2)c(C)c1. The molecule has 0 aliphatic carbocycles. The molecular weight excluding hydrogens is 930 g/mol. The second-order valence-corrected chi connectivity index (χ2v) is 20.0. The third-order valence-electron chi connectivity index (χ3n) is 14.2. The summed E-state index contributed by atoms with van der Waals surface area (Å²) in [4.78, 5) is 7.18. The Morgan fingerprint density at radius 2 is 0.534 bits per heavy atom. The van der Waals surface area contributed by atoms with E-state index in [-0.39, 0.29) is 10.8 Å². The molecule has 0 aromatic heterocycles. The molecule has 0 aliphatic heterocycles. The van der Waals surface area contributed by atoms with E-state index in [0.29, 0.717) is 0 Å². The minimum absolute atomic E-state index is 0.272. The summed E-state index contributed by atoms with van der Waals surface area (Å²) < 4.78 is 0. The van der Waals surface area contributed by atoms with Crippen LogP contribution in [0.2, 0.25) is 0 Å². The van der Waals surface area contributed by atoms with Gasteiger partial charge in [-0.3, -0.25) is 0 Å². The van der Waals surface area contributed by atoms with Crippen molar-refractivity contribution >= 4 is 74.4 Å². The van der Waals surface area contributed by atoms with Gasteiger partial charge in [0.25, 0.3) is 0 Å². The summed E-state index contributed by atoms with van der Waals surface area (Å²) in [5.74, 6) is 0. The van der Waals surface area contributed by atoms with Gasteiger partial charge >= 0.3 is 0 Å². The molecule has 73 heavy (non-hydrogen) atoms. The Morgan fingerprint density at radius 3 is 0.836 bits per heavy atom. The van der Waals surface area contributed by atoms with Crippen LogP contribution in [0.1, 0.15) is 83.3 Å². The first kappa shape index (κ1) is 53.8. The van der Waals surface area contributed by atoms with Crippen molar-refractivity contribution in [2.45, 2.75) is 80.1 Å². The van der Waals surface area contributed by atoms with Gasteiger partial charge in [-0.1, -0.05) is 166 Å². The first-order chi connectivity index (χ1) is 35.2. The third kappa shape index (κ3) is 11.8. The van der Waals surface area contributed by atoms with Crippen molar-refractivity contribution in [2.75, 3.05) is 27.5 Å². The minimum Gasteiger partial charge on any atom is -0.310 e. The number of nitrogens with zero attached hydrogens (tertiary/aromatic N) is 3. The zero-order valence-electron chi connectivity index (χ0n) is 44.8. The van der Waals surface area contributed by atoms with Crippen molar-refractivity contribution < 1.29 is 0 Å². The molecule has 0 fully saturated rings. The molecule has 3 nitrogen and oxygen atoms in total. The average molecular weight is 1000 g/mol. The largest absolute Gasteiger partial charge is 0.310 e. The van der Waals surface area contributed by atoms with Gasteiger partial charge in [0.05, 0.1) is 0 Å². The van der Waals surface area contributed by atoms with Crippen LogP contribution in [0, 0.1) is 41.5 Å². The van der Waals surface area contributed by atoms with Crippen LogP contribution in [0.5, 0.6) is 0 Å². The summed E-state index contributed by atoms with van der Waals surface area (Å²) in [7, 11) is 0. The quantitative estimate of drug-likeness (QED) is 0.107. The molecule has 0 bridgehead atoms. The first-order valence-electron chi connectivity index (χ1n) is 25.1. The fraction of sp³-hybridized carbons (Fsp3) is 0.206. The molecule has 0 saturated heterocycles. The first-order valence-corrected chi connectivity index (χ1v) is 26.6. The Bertz CT molecular complexity index is 3040. The summed E-state index contributed by atoms with van der Waals surface area (Å²) in [6.45, 7) is 22.5. The molecule has 0 heterocycles. The fourth-order valence-corrected chi connectivity index (χ4v) is 10.1. The lowest BCUT2D eigenvalue weighted by atomic mass is 9.77. The number of benzene rings is 9. The predicted molar refractivity (Wildman–Crippen MR) is 320 cm³/mol. The summed E-state index contributed by atoms with van der Waals surface area (Å²) in [5, 5.41) is 0. The zero-order chi connectivity index (χ0) is 52.5. The summed E-state index contributed by atoms with van der Waals surface area (Å²) in [6, 6.07) is 78.2. The van der Waals surface area contributed by atoms with Crippen molar-refractivity contribution in [2.24, 2.45) is 0 Å². The molecule has 0 atom stereocenters. The maximum absolute atomic E-state index is 4.64. The van der Waals surface area contributed by atoms with Crippen molar-refractivity contribution in [3.8, 4) is 0 Å². The summed E-state index contributed by atoms with van der Waals surface area (Å²) in [6.07, 6.45) is 2.94. The third-order valence-corrected chi connectivity index (χ3v) is 14.2. The minimum atomic E-state index is -0.272. The molecule has 0 amide bonds. The number of halogens is 2. The van der Waals surface area contributed by atoms with Crippen molar-refractivity contribution in [1.29, 1.82) is 0 Å². The normalized spacial score (nSPS) is 11.2. The van der Waals surface area contributed by atoms with Gasteiger partial charge in [0.2, 0.25) is 0 Å². The van der Waals surface area contributed by atoms with Gasteiger partial charge in [0, 0.05) is 74.8 Å². The molecule has 0 N–H and O–H groups in total. The van der Waals surface area contributed by atoms with Crippen molar-refractivity contribution in [3.05, 3.63) is 268 Å². The molecule has 0 aliphatic rings. The van der Waals surface area contributed by atoms with Gasteiger partial charge in [-0.05, 0) is 171 Å². The van der Waals surface area contributed by atoms with Gasteiger partial charge < -0.3 is 14.7 Å². The van der Waals surface area contributed by atoms with Gasteiger partial charge in [-0.25, -0.2) is 0 Å². The molecule has 0 radical (unpaired) electrons. The molecule has 0 saturated carbocycles. The lowest BCUT2D eigenvalue weighted by Crippen LogP contribution is -2.21. The molecular formula is C68H71Cl2N3. The molecule has 5 heteroatoms. The van der Waals surface area contributed by atoms with Crippen LogP contribution in [0.3, 0.4) is 0 Å². The molecule has 0 spiro atoms. The smallest absolute Gasteiger partial charge is 0.0490 e. The number of aryl methyl sites for hydroxylation is 6. The number of anilines is 9. The molecule has 372 valence electrons. The lowest BCUT2D eigenvalue weighted by Gasteiger charge is -2.32. The van der Waals surface area contributed by atoms with E-state index in [1.807, 2.05) is 0 Å². The van der Waals surface area contributed by atoms with E-state index in [9.17, 15) is 0 Å². The highest BCUT2D eigenvalue weighted by atomic mass is 35.5. The number of hydrogen-bond donors (Lipinski definition) is 0. The topological polar surface area (TPSA) is 9.72 Å². The van der Waals surface area contributed by atoms with Crippen molar-refractivity contribution in [1.82, 2.24) is 0 Å². The van der Waals surface area contributed by atoms with Crippen molar-refractivity contribution in [3.63, 3.8) is 0 Å². The maximum Gasteiger partial charge on any atom is 0.0490 e. The highest BCUT2D eigenvalue weighted by molar-refractivity contribution is 6.15. The number of alkyl halides is 2. The second kappa shape index (κ2) is 23.7. The van der Waals surface area contributed by atoms with E-state index in [0.717, 1.165) is 34.1 Å². The molecule has 9 aromatic carbocycles. The zero-order valence-corrected chi connectivity index (χ0v) is 46.3. The van der Waals surface area contributed by atoms with Gasteiger partial charge in [0.15, 0.2) is 0 Å². The lowest BCUT2D eigenvalue weighted by molar-refractivity contribution is 0.641. The number of hydrogen-bond acceptors (Lipinski definition) is 3. The highest BCUT2D eigenvalue weighted by Gasteiger charge is 2.28. The number of rotatable bonds is 13.